The average molecular weight is 815 g/mol. The largest absolute Gasteiger partial charge is 0.497 e. The van der Waals surface area contributed by atoms with E-state index < -0.39 is 0 Å². The van der Waals surface area contributed by atoms with Gasteiger partial charge in [0.05, 0.1) is 12.6 Å². The molecule has 0 saturated carbocycles. The molecule has 6 aromatic carbocycles. The van der Waals surface area contributed by atoms with E-state index in [2.05, 4.69) is 110 Å². The average Bonchev–Trinajstić information content (AvgIpc) is 3.51. The molecular weight excluding hydrogens is 785 g/mol. The molecule has 0 unspecified atom stereocenters. The quantitative estimate of drug-likeness (QED) is 0.132. The summed E-state index contributed by atoms with van der Waals surface area (Å²) in [6.07, 6.45) is 1.91. The number of aryl methyl sites for hydroxylation is 2. The van der Waals surface area contributed by atoms with E-state index in [1.165, 1.54) is 52.8 Å². The van der Waals surface area contributed by atoms with Gasteiger partial charge < -0.3 is 9.72 Å². The molecule has 0 aliphatic rings. The molecule has 0 amide bonds. The van der Waals surface area contributed by atoms with Gasteiger partial charge in [-0.25, -0.2) is 0 Å². The van der Waals surface area contributed by atoms with E-state index >= 15 is 0 Å². The molecule has 5 heteroatoms. The first-order valence-corrected chi connectivity index (χ1v) is 16.4. The monoisotopic (exact) mass is 815 g/mol. The predicted molar refractivity (Wildman–Crippen MR) is 198 cm³/mol. The number of rotatable bonds is 3. The molecule has 0 aliphatic heterocycles. The summed E-state index contributed by atoms with van der Waals surface area (Å²) in [5, 5.41) is 8.84. The Hall–Kier alpha value is -4.93. The summed E-state index contributed by atoms with van der Waals surface area (Å²) in [5.74, 6) is 0.814. The fraction of sp³-hybridized carbons (Fsp3) is 0.0698. The molecule has 1 radical (unpaired) electrons. The van der Waals surface area contributed by atoms with Crippen LogP contribution in [0, 0.1) is 26.0 Å². The van der Waals surface area contributed by atoms with Gasteiger partial charge in [0.2, 0.25) is 0 Å². The molecule has 3 aromatic heterocycles. The molecule has 235 valence electrons. The minimum absolute atomic E-state index is 0. The Bertz CT molecular complexity index is 2590. The number of fused-ring (bicyclic) bond motifs is 8. The van der Waals surface area contributed by atoms with Gasteiger partial charge in [0.1, 0.15) is 5.75 Å². The summed E-state index contributed by atoms with van der Waals surface area (Å²) in [5.41, 5.74) is 7.39. The zero-order valence-electron chi connectivity index (χ0n) is 26.7. The summed E-state index contributed by atoms with van der Waals surface area (Å²) in [4.78, 5) is 9.31. The Balaban J connectivity index is 0.000000205. The molecular formula is C43H30IrN2OS-2. The predicted octanol–water partition coefficient (Wildman–Crippen LogP) is 11.5. The third-order valence-electron chi connectivity index (χ3n) is 8.81. The fourth-order valence-corrected chi connectivity index (χ4v) is 7.23. The Labute approximate surface area is 297 Å². The van der Waals surface area contributed by atoms with Crippen molar-refractivity contribution in [3.05, 3.63) is 151 Å². The molecule has 0 saturated heterocycles. The Kier molecular flexibility index (Phi) is 8.77. The van der Waals surface area contributed by atoms with Crippen LogP contribution in [0.4, 0.5) is 0 Å². The van der Waals surface area contributed by atoms with Crippen molar-refractivity contribution in [1.82, 2.24) is 9.97 Å². The Morgan fingerprint density at radius 3 is 2.25 bits per heavy atom. The van der Waals surface area contributed by atoms with Crippen molar-refractivity contribution < 1.29 is 24.8 Å². The topological polar surface area (TPSA) is 35.0 Å². The number of hydrogen-bond acceptors (Lipinski definition) is 4. The molecule has 0 aliphatic carbocycles. The normalized spacial score (nSPS) is 11.1. The van der Waals surface area contributed by atoms with E-state index in [4.69, 9.17) is 9.72 Å². The van der Waals surface area contributed by atoms with Crippen LogP contribution in [0.5, 0.6) is 5.75 Å². The van der Waals surface area contributed by atoms with E-state index in [0.29, 0.717) is 0 Å². The second kappa shape index (κ2) is 13.3. The van der Waals surface area contributed by atoms with Crippen molar-refractivity contribution in [2.24, 2.45) is 0 Å². The first-order chi connectivity index (χ1) is 23.1. The summed E-state index contributed by atoms with van der Waals surface area (Å²) < 4.78 is 7.94. The maximum Gasteiger partial charge on any atom is 0.121 e. The van der Waals surface area contributed by atoms with Crippen molar-refractivity contribution in [2.75, 3.05) is 7.11 Å². The minimum Gasteiger partial charge on any atom is -0.497 e. The van der Waals surface area contributed by atoms with Crippen LogP contribution in [-0.4, -0.2) is 17.1 Å². The van der Waals surface area contributed by atoms with E-state index in [9.17, 15) is 0 Å². The van der Waals surface area contributed by atoms with Gasteiger partial charge >= 0.3 is 0 Å². The van der Waals surface area contributed by atoms with Gasteiger partial charge in [-0.3, -0.25) is 4.98 Å². The first kappa shape index (κ1) is 31.7. The van der Waals surface area contributed by atoms with E-state index in [1.54, 1.807) is 7.11 Å². The standard InChI is InChI=1S/C30H18NOS.C13H12N.Ir/c1-32-22-12-8-19-9-13-25(31-26(19)17-22)21-11-14-27-24(16-21)30-28(33-27)15-10-20-7-6-18-4-2-3-5-23(18)29(20)30;1-10-8-13(14-9-11(10)2)12-6-4-3-5-7-12;/h2-10,12-17H,1H3;3-6,8-9H,1-2H3;/q2*-1;. The first-order valence-electron chi connectivity index (χ1n) is 15.6. The van der Waals surface area contributed by atoms with Crippen LogP contribution in [-0.2, 0) is 20.1 Å². The number of ether oxygens (including phenoxy) is 1. The van der Waals surface area contributed by atoms with Gasteiger partial charge in [0, 0.05) is 37.1 Å². The third kappa shape index (κ3) is 5.86. The number of methoxy groups -OCH3 is 1. The van der Waals surface area contributed by atoms with Crippen molar-refractivity contribution in [3.8, 4) is 28.3 Å². The number of nitrogens with zero attached hydrogens (tertiary/aromatic N) is 2. The molecule has 0 spiro atoms. The van der Waals surface area contributed by atoms with Crippen molar-refractivity contribution in [2.45, 2.75) is 13.8 Å². The molecule has 9 aromatic rings. The van der Waals surface area contributed by atoms with Crippen LogP contribution < -0.4 is 4.74 Å². The van der Waals surface area contributed by atoms with E-state index in [0.717, 1.165) is 39.2 Å². The van der Waals surface area contributed by atoms with Crippen molar-refractivity contribution >= 4 is 64.0 Å². The van der Waals surface area contributed by atoms with E-state index in [-0.39, 0.29) is 20.1 Å². The number of thiophene rings is 1. The molecule has 0 N–H and O–H groups in total. The van der Waals surface area contributed by atoms with Crippen LogP contribution in [0.15, 0.2) is 128 Å². The summed E-state index contributed by atoms with van der Waals surface area (Å²) in [6, 6.07) is 48.8. The third-order valence-corrected chi connectivity index (χ3v) is 9.92. The van der Waals surface area contributed by atoms with Crippen LogP contribution in [0.25, 0.3) is 75.1 Å². The van der Waals surface area contributed by atoms with Gasteiger partial charge in [-0.1, -0.05) is 71.6 Å². The van der Waals surface area contributed by atoms with E-state index in [1.807, 2.05) is 60.0 Å². The van der Waals surface area contributed by atoms with Crippen LogP contribution in [0.1, 0.15) is 11.1 Å². The SMILES string of the molecule is COc1ccc2ccc(-c3[c-]cc4sc5ccc6ccc7ccccc7c6c5c4c3)nc2c1.Cc1cnc(-c2[c-]cccc2)cc1C.[Ir]. The molecule has 3 nitrogen and oxygen atoms in total. The maximum atomic E-state index is 5.39. The summed E-state index contributed by atoms with van der Waals surface area (Å²) in [7, 11) is 1.68. The maximum absolute atomic E-state index is 5.39. The van der Waals surface area contributed by atoms with Gasteiger partial charge in [-0.15, -0.1) is 59.7 Å². The fourth-order valence-electron chi connectivity index (χ4n) is 6.15. The van der Waals surface area contributed by atoms with Crippen LogP contribution in [0.2, 0.25) is 0 Å². The second-order valence-corrected chi connectivity index (χ2v) is 12.8. The van der Waals surface area contributed by atoms with Crippen LogP contribution >= 0.6 is 11.3 Å². The summed E-state index contributed by atoms with van der Waals surface area (Å²) in [6.45, 7) is 4.17. The minimum atomic E-state index is 0. The van der Waals surface area contributed by atoms with Gasteiger partial charge in [0.25, 0.3) is 0 Å². The van der Waals surface area contributed by atoms with Gasteiger partial charge in [-0.2, -0.15) is 11.3 Å². The Morgan fingerprint density at radius 2 is 1.42 bits per heavy atom. The number of pyridine rings is 2. The molecule has 0 fully saturated rings. The number of hydrogen-bond donors (Lipinski definition) is 0. The van der Waals surface area contributed by atoms with Crippen molar-refractivity contribution in [3.63, 3.8) is 0 Å². The molecule has 0 atom stereocenters. The van der Waals surface area contributed by atoms with Gasteiger partial charge in [-0.05, 0) is 86.0 Å². The number of benzene rings is 6. The summed E-state index contributed by atoms with van der Waals surface area (Å²) >= 11 is 1.83. The molecule has 3 heterocycles. The van der Waals surface area contributed by atoms with Crippen molar-refractivity contribution in [1.29, 1.82) is 0 Å². The number of aromatic nitrogens is 2. The Morgan fingerprint density at radius 1 is 0.625 bits per heavy atom. The molecule has 48 heavy (non-hydrogen) atoms. The van der Waals surface area contributed by atoms with Crippen LogP contribution in [0.3, 0.4) is 0 Å². The smallest absolute Gasteiger partial charge is 0.121 e. The zero-order chi connectivity index (χ0) is 31.9. The molecule has 0 bridgehead atoms. The second-order valence-electron chi connectivity index (χ2n) is 11.7. The zero-order valence-corrected chi connectivity index (χ0v) is 29.9. The molecule has 9 rings (SSSR count). The van der Waals surface area contributed by atoms with Gasteiger partial charge in [0.15, 0.2) is 0 Å².